The van der Waals surface area contributed by atoms with Crippen LogP contribution in [0.4, 0.5) is 10.1 Å². The molecule has 0 bridgehead atoms. The predicted octanol–water partition coefficient (Wildman–Crippen LogP) is 2.80. The molecule has 1 N–H and O–H groups in total. The lowest BCUT2D eigenvalue weighted by molar-refractivity contribution is 0.199. The Morgan fingerprint density at radius 2 is 2.20 bits per heavy atom. The molecule has 0 unspecified atom stereocenters. The Balaban J connectivity index is 2.00. The van der Waals surface area contributed by atoms with Gasteiger partial charge in [0.2, 0.25) is 0 Å². The molecule has 3 nitrogen and oxygen atoms in total. The number of benzene rings is 1. The summed E-state index contributed by atoms with van der Waals surface area (Å²) in [5, 5.41) is 3.29. The third-order valence-electron chi connectivity index (χ3n) is 4.01. The molecule has 0 aromatic heterocycles. The van der Waals surface area contributed by atoms with Crippen LogP contribution in [-0.2, 0) is 11.3 Å². The van der Waals surface area contributed by atoms with Gasteiger partial charge in [0.25, 0.3) is 0 Å². The van der Waals surface area contributed by atoms with Gasteiger partial charge in [-0.25, -0.2) is 4.39 Å². The molecule has 20 heavy (non-hydrogen) atoms. The molecule has 1 aromatic rings. The van der Waals surface area contributed by atoms with E-state index < -0.39 is 0 Å². The fraction of sp³-hybridized carbons (Fsp3) is 0.625. The smallest absolute Gasteiger partial charge is 0.146 e. The quantitative estimate of drug-likeness (QED) is 0.741. The molecule has 1 aliphatic carbocycles. The molecular weight excluding hydrogens is 255 g/mol. The van der Waals surface area contributed by atoms with Gasteiger partial charge in [0, 0.05) is 33.8 Å². The van der Waals surface area contributed by atoms with Gasteiger partial charge in [-0.15, -0.1) is 0 Å². The van der Waals surface area contributed by atoms with Gasteiger partial charge in [0.15, 0.2) is 0 Å². The second-order valence-corrected chi connectivity index (χ2v) is 5.59. The number of ether oxygens (including phenoxy) is 1. The lowest BCUT2D eigenvalue weighted by Crippen LogP contribution is -2.31. The van der Waals surface area contributed by atoms with Crippen molar-refractivity contribution in [2.75, 3.05) is 38.8 Å². The molecule has 1 saturated carbocycles. The summed E-state index contributed by atoms with van der Waals surface area (Å²) in [5.74, 6) is 0.603. The Bertz CT molecular complexity index is 421. The molecule has 1 aromatic carbocycles. The Hall–Kier alpha value is -1.13. The van der Waals surface area contributed by atoms with Crippen LogP contribution in [0.2, 0.25) is 0 Å². The highest BCUT2D eigenvalue weighted by Crippen LogP contribution is 2.30. The molecule has 0 atom stereocenters. The van der Waals surface area contributed by atoms with Gasteiger partial charge in [-0.05, 0) is 30.4 Å². The Labute approximate surface area is 121 Å². The largest absolute Gasteiger partial charge is 0.383 e. The first-order valence-electron chi connectivity index (χ1n) is 7.40. The third kappa shape index (κ3) is 3.93. The number of hydrogen-bond acceptors (Lipinski definition) is 3. The maximum Gasteiger partial charge on any atom is 0.146 e. The molecule has 0 radical (unpaired) electrons. The van der Waals surface area contributed by atoms with E-state index in [0.717, 1.165) is 30.3 Å². The van der Waals surface area contributed by atoms with E-state index in [1.54, 1.807) is 19.2 Å². The molecule has 0 aliphatic heterocycles. The molecule has 2 rings (SSSR count). The van der Waals surface area contributed by atoms with Crippen LogP contribution in [0.5, 0.6) is 0 Å². The molecule has 112 valence electrons. The second-order valence-electron chi connectivity index (χ2n) is 5.59. The minimum absolute atomic E-state index is 0.127. The topological polar surface area (TPSA) is 24.5 Å². The van der Waals surface area contributed by atoms with Crippen LogP contribution in [0.25, 0.3) is 0 Å². The summed E-state index contributed by atoms with van der Waals surface area (Å²) in [6.45, 7) is 3.07. The van der Waals surface area contributed by atoms with Gasteiger partial charge in [-0.1, -0.05) is 18.6 Å². The minimum Gasteiger partial charge on any atom is -0.383 e. The van der Waals surface area contributed by atoms with E-state index in [-0.39, 0.29) is 5.82 Å². The van der Waals surface area contributed by atoms with Crippen molar-refractivity contribution in [3.8, 4) is 0 Å². The minimum atomic E-state index is -0.127. The van der Waals surface area contributed by atoms with Gasteiger partial charge in [-0.2, -0.15) is 0 Å². The van der Waals surface area contributed by atoms with E-state index in [9.17, 15) is 4.39 Å². The Kier molecular flexibility index (Phi) is 5.80. The van der Waals surface area contributed by atoms with Gasteiger partial charge in [0.05, 0.1) is 12.3 Å². The molecule has 0 saturated heterocycles. The van der Waals surface area contributed by atoms with E-state index in [0.29, 0.717) is 13.2 Å². The fourth-order valence-corrected chi connectivity index (χ4v) is 2.68. The van der Waals surface area contributed by atoms with E-state index >= 15 is 0 Å². The lowest BCUT2D eigenvalue weighted by Gasteiger charge is -2.32. The molecule has 0 amide bonds. The third-order valence-corrected chi connectivity index (χ3v) is 4.01. The van der Waals surface area contributed by atoms with Crippen LogP contribution in [-0.4, -0.2) is 33.9 Å². The summed E-state index contributed by atoms with van der Waals surface area (Å²) in [5.41, 5.74) is 1.76. The number of nitrogens with one attached hydrogen (secondary N) is 1. The van der Waals surface area contributed by atoms with Crippen molar-refractivity contribution in [3.05, 3.63) is 29.6 Å². The van der Waals surface area contributed by atoms with Gasteiger partial charge in [0.1, 0.15) is 5.82 Å². The van der Waals surface area contributed by atoms with E-state index in [2.05, 4.69) is 10.2 Å². The lowest BCUT2D eigenvalue weighted by atomic mass is 9.85. The summed E-state index contributed by atoms with van der Waals surface area (Å²) in [6, 6.07) is 5.32. The number of anilines is 1. The zero-order valence-corrected chi connectivity index (χ0v) is 12.5. The maximum absolute atomic E-state index is 14.2. The summed E-state index contributed by atoms with van der Waals surface area (Å²) < 4.78 is 19.2. The van der Waals surface area contributed by atoms with Crippen LogP contribution in [0, 0.1) is 11.7 Å². The van der Waals surface area contributed by atoms with Crippen LogP contribution in [0.1, 0.15) is 24.8 Å². The van der Waals surface area contributed by atoms with Gasteiger partial charge in [-0.3, -0.25) is 0 Å². The van der Waals surface area contributed by atoms with Crippen LogP contribution >= 0.6 is 0 Å². The first kappa shape index (κ1) is 15.3. The first-order chi connectivity index (χ1) is 9.72. The highest BCUT2D eigenvalue weighted by Gasteiger charge is 2.21. The van der Waals surface area contributed by atoms with Crippen molar-refractivity contribution in [1.82, 2.24) is 5.32 Å². The van der Waals surface area contributed by atoms with E-state index in [4.69, 9.17) is 4.74 Å². The standard InChI is InChI=1S/C16H25FN2O/c1-19(12-13-5-3-6-13)16-14(7-4-8-15(16)17)11-18-9-10-20-2/h4,7-8,13,18H,3,5-6,9-12H2,1-2H3. The molecular formula is C16H25FN2O. The average molecular weight is 280 g/mol. The molecule has 0 spiro atoms. The van der Waals surface area contributed by atoms with Gasteiger partial charge >= 0.3 is 0 Å². The zero-order valence-electron chi connectivity index (χ0n) is 12.5. The molecule has 1 fully saturated rings. The van der Waals surface area contributed by atoms with Crippen molar-refractivity contribution in [2.45, 2.75) is 25.8 Å². The van der Waals surface area contributed by atoms with Crippen molar-refractivity contribution < 1.29 is 9.13 Å². The fourth-order valence-electron chi connectivity index (χ4n) is 2.68. The summed E-state index contributed by atoms with van der Waals surface area (Å²) in [6.07, 6.45) is 3.88. The van der Waals surface area contributed by atoms with Crippen molar-refractivity contribution >= 4 is 5.69 Å². The van der Waals surface area contributed by atoms with E-state index in [1.165, 1.54) is 19.3 Å². The summed E-state index contributed by atoms with van der Waals surface area (Å²) >= 11 is 0. The second kappa shape index (κ2) is 7.60. The van der Waals surface area contributed by atoms with Crippen LogP contribution < -0.4 is 10.2 Å². The normalized spacial score (nSPS) is 15.2. The number of rotatable bonds is 8. The predicted molar refractivity (Wildman–Crippen MR) is 80.6 cm³/mol. The number of methoxy groups -OCH3 is 1. The summed E-state index contributed by atoms with van der Waals surface area (Å²) in [7, 11) is 3.68. The maximum atomic E-state index is 14.2. The average Bonchev–Trinajstić information content (AvgIpc) is 2.39. The van der Waals surface area contributed by atoms with E-state index in [1.807, 2.05) is 13.1 Å². The number of hydrogen-bond donors (Lipinski definition) is 1. The Morgan fingerprint density at radius 3 is 2.85 bits per heavy atom. The molecule has 0 heterocycles. The zero-order chi connectivity index (χ0) is 14.4. The number of halogens is 1. The number of para-hydroxylation sites is 1. The number of nitrogens with zero attached hydrogens (tertiary/aromatic N) is 1. The monoisotopic (exact) mass is 280 g/mol. The highest BCUT2D eigenvalue weighted by atomic mass is 19.1. The SMILES string of the molecule is COCCNCc1cccc(F)c1N(C)CC1CCC1. The first-order valence-corrected chi connectivity index (χ1v) is 7.40. The van der Waals surface area contributed by atoms with Crippen LogP contribution in [0.3, 0.4) is 0 Å². The van der Waals surface area contributed by atoms with Crippen molar-refractivity contribution in [3.63, 3.8) is 0 Å². The molecule has 1 aliphatic rings. The van der Waals surface area contributed by atoms with Crippen molar-refractivity contribution in [2.24, 2.45) is 5.92 Å². The highest BCUT2D eigenvalue weighted by molar-refractivity contribution is 5.54. The van der Waals surface area contributed by atoms with Crippen molar-refractivity contribution in [1.29, 1.82) is 0 Å². The molecule has 4 heteroatoms. The van der Waals surface area contributed by atoms with Gasteiger partial charge < -0.3 is 15.0 Å². The van der Waals surface area contributed by atoms with Crippen LogP contribution in [0.15, 0.2) is 18.2 Å². The summed E-state index contributed by atoms with van der Waals surface area (Å²) in [4.78, 5) is 2.08. The Morgan fingerprint density at radius 1 is 1.40 bits per heavy atom.